The molecule has 0 aliphatic carbocycles. The molecule has 5 heteroatoms. The van der Waals surface area contributed by atoms with Gasteiger partial charge in [0, 0.05) is 6.04 Å². The highest BCUT2D eigenvalue weighted by Gasteiger charge is 2.19. The van der Waals surface area contributed by atoms with E-state index in [-0.39, 0.29) is 12.1 Å². The minimum Gasteiger partial charge on any atom is -0.480 e. The van der Waals surface area contributed by atoms with Crippen LogP contribution in [0.2, 0.25) is 0 Å². The molecule has 0 saturated carbocycles. The minimum absolute atomic E-state index is 0.0768. The Hall–Kier alpha value is -1.26. The summed E-state index contributed by atoms with van der Waals surface area (Å²) in [6.07, 6.45) is 6.79. The maximum Gasteiger partial charge on any atom is 0.326 e. The lowest BCUT2D eigenvalue weighted by molar-refractivity contribution is -0.139. The summed E-state index contributed by atoms with van der Waals surface area (Å²) in [6.45, 7) is 6.00. The Morgan fingerprint density at radius 3 is 2.21 bits per heavy atom. The van der Waals surface area contributed by atoms with Gasteiger partial charge in [-0.25, -0.2) is 9.59 Å². The molecular formula is C14H28N2O3. The number of unbranched alkanes of at least 4 members (excludes halogenated alkanes) is 3. The van der Waals surface area contributed by atoms with Gasteiger partial charge in [-0.2, -0.15) is 0 Å². The number of amides is 2. The molecule has 0 aromatic carbocycles. The number of carboxylic acids is 1. The normalized spacial score (nSPS) is 13.6. The Morgan fingerprint density at radius 2 is 1.68 bits per heavy atom. The van der Waals surface area contributed by atoms with Crippen LogP contribution in [-0.2, 0) is 4.79 Å². The number of carbonyl (C=O) groups excluding carboxylic acids is 1. The van der Waals surface area contributed by atoms with E-state index in [1.807, 2.05) is 13.8 Å². The maximum atomic E-state index is 11.6. The molecule has 0 aliphatic rings. The number of carboxylic acid groups (broad SMARTS) is 1. The van der Waals surface area contributed by atoms with Crippen molar-refractivity contribution < 1.29 is 14.7 Å². The van der Waals surface area contributed by atoms with Crippen molar-refractivity contribution in [1.82, 2.24) is 10.6 Å². The predicted molar refractivity (Wildman–Crippen MR) is 76.2 cm³/mol. The van der Waals surface area contributed by atoms with Gasteiger partial charge in [0.1, 0.15) is 6.04 Å². The first-order valence-corrected chi connectivity index (χ1v) is 7.31. The van der Waals surface area contributed by atoms with Gasteiger partial charge in [-0.3, -0.25) is 0 Å². The maximum absolute atomic E-state index is 11.6. The van der Waals surface area contributed by atoms with Crippen LogP contribution in [0.3, 0.4) is 0 Å². The standard InChI is InChI=1S/C14H28N2O3/c1-4-6-7-8-10-11(3)15-14(19)16-12(9-5-2)13(17)18/h11-12H,4-10H2,1-3H3,(H,17,18)(H2,15,16,19)/t11?,12-/m0/s1. The molecule has 0 bridgehead atoms. The molecule has 0 spiro atoms. The van der Waals surface area contributed by atoms with Gasteiger partial charge in [-0.05, 0) is 19.8 Å². The summed E-state index contributed by atoms with van der Waals surface area (Å²) < 4.78 is 0. The Bertz CT molecular complexity index is 269. The highest BCUT2D eigenvalue weighted by atomic mass is 16.4. The van der Waals surface area contributed by atoms with Crippen molar-refractivity contribution in [3.63, 3.8) is 0 Å². The van der Waals surface area contributed by atoms with Gasteiger partial charge >= 0.3 is 12.0 Å². The molecule has 112 valence electrons. The van der Waals surface area contributed by atoms with Gasteiger partial charge in [0.05, 0.1) is 0 Å². The summed E-state index contributed by atoms with van der Waals surface area (Å²) in [5, 5.41) is 14.2. The van der Waals surface area contributed by atoms with Gasteiger partial charge in [-0.1, -0.05) is 46.0 Å². The molecule has 0 aliphatic heterocycles. The van der Waals surface area contributed by atoms with E-state index in [0.717, 1.165) is 19.3 Å². The lowest BCUT2D eigenvalue weighted by Gasteiger charge is -2.18. The molecule has 1 unspecified atom stereocenters. The van der Waals surface area contributed by atoms with E-state index in [9.17, 15) is 9.59 Å². The lowest BCUT2D eigenvalue weighted by Crippen LogP contribution is -2.48. The molecule has 0 fully saturated rings. The average molecular weight is 272 g/mol. The zero-order valence-electron chi connectivity index (χ0n) is 12.4. The highest BCUT2D eigenvalue weighted by Crippen LogP contribution is 2.05. The second-order valence-electron chi connectivity index (χ2n) is 5.05. The van der Waals surface area contributed by atoms with Crippen LogP contribution in [0.15, 0.2) is 0 Å². The number of carbonyl (C=O) groups is 2. The lowest BCUT2D eigenvalue weighted by atomic mass is 10.1. The SMILES string of the molecule is CCCCCCC(C)NC(=O)N[C@@H](CCC)C(=O)O. The van der Waals surface area contributed by atoms with Gasteiger partial charge in [0.25, 0.3) is 0 Å². The smallest absolute Gasteiger partial charge is 0.326 e. The van der Waals surface area contributed by atoms with Gasteiger partial charge in [-0.15, -0.1) is 0 Å². The van der Waals surface area contributed by atoms with E-state index in [0.29, 0.717) is 6.42 Å². The zero-order chi connectivity index (χ0) is 14.7. The monoisotopic (exact) mass is 272 g/mol. The molecule has 0 aromatic heterocycles. The fourth-order valence-corrected chi connectivity index (χ4v) is 1.92. The van der Waals surface area contributed by atoms with Crippen LogP contribution < -0.4 is 10.6 Å². The third-order valence-electron chi connectivity index (χ3n) is 3.05. The first-order valence-electron chi connectivity index (χ1n) is 7.31. The van der Waals surface area contributed by atoms with Crippen LogP contribution in [0.1, 0.15) is 65.7 Å². The van der Waals surface area contributed by atoms with Crippen LogP contribution in [0.4, 0.5) is 4.79 Å². The highest BCUT2D eigenvalue weighted by molar-refractivity contribution is 5.82. The molecule has 2 amide bonds. The van der Waals surface area contributed by atoms with Crippen LogP contribution in [0, 0.1) is 0 Å². The van der Waals surface area contributed by atoms with Crippen molar-refractivity contribution in [2.24, 2.45) is 0 Å². The predicted octanol–water partition coefficient (Wildman–Crippen LogP) is 2.90. The van der Waals surface area contributed by atoms with Crippen molar-refractivity contribution in [2.75, 3.05) is 0 Å². The van der Waals surface area contributed by atoms with Crippen LogP contribution >= 0.6 is 0 Å². The molecule has 0 rings (SSSR count). The van der Waals surface area contributed by atoms with Crippen LogP contribution in [0.5, 0.6) is 0 Å². The summed E-state index contributed by atoms with van der Waals surface area (Å²) >= 11 is 0. The topological polar surface area (TPSA) is 78.4 Å². The van der Waals surface area contributed by atoms with E-state index < -0.39 is 12.0 Å². The Morgan fingerprint density at radius 1 is 1.00 bits per heavy atom. The number of aliphatic carboxylic acids is 1. The van der Waals surface area contributed by atoms with E-state index >= 15 is 0 Å². The molecule has 0 heterocycles. The molecule has 0 radical (unpaired) electrons. The Balaban J connectivity index is 3.90. The number of hydrogen-bond donors (Lipinski definition) is 3. The number of rotatable bonds is 10. The van der Waals surface area contributed by atoms with E-state index in [4.69, 9.17) is 5.11 Å². The van der Waals surface area contributed by atoms with Crippen molar-refractivity contribution in [1.29, 1.82) is 0 Å². The number of urea groups is 1. The van der Waals surface area contributed by atoms with Crippen molar-refractivity contribution >= 4 is 12.0 Å². The molecule has 2 atom stereocenters. The second kappa shape index (κ2) is 10.6. The third-order valence-corrected chi connectivity index (χ3v) is 3.05. The summed E-state index contributed by atoms with van der Waals surface area (Å²) in [7, 11) is 0. The van der Waals surface area contributed by atoms with Crippen LogP contribution in [0.25, 0.3) is 0 Å². The Labute approximate surface area is 116 Å². The molecule has 19 heavy (non-hydrogen) atoms. The minimum atomic E-state index is -0.979. The van der Waals surface area contributed by atoms with E-state index in [1.54, 1.807) is 0 Å². The molecular weight excluding hydrogens is 244 g/mol. The Kier molecular flexibility index (Phi) is 9.94. The number of hydrogen-bond acceptors (Lipinski definition) is 2. The van der Waals surface area contributed by atoms with Gasteiger partial charge in [0.2, 0.25) is 0 Å². The van der Waals surface area contributed by atoms with Crippen molar-refractivity contribution in [3.05, 3.63) is 0 Å². The number of nitrogens with one attached hydrogen (secondary N) is 2. The van der Waals surface area contributed by atoms with E-state index in [1.165, 1.54) is 19.3 Å². The molecule has 0 saturated heterocycles. The van der Waals surface area contributed by atoms with E-state index in [2.05, 4.69) is 17.6 Å². The van der Waals surface area contributed by atoms with Crippen molar-refractivity contribution in [3.8, 4) is 0 Å². The van der Waals surface area contributed by atoms with Crippen LogP contribution in [-0.4, -0.2) is 29.2 Å². The first kappa shape index (κ1) is 17.7. The first-order chi connectivity index (χ1) is 9.01. The van der Waals surface area contributed by atoms with Gasteiger partial charge in [0.15, 0.2) is 0 Å². The fourth-order valence-electron chi connectivity index (χ4n) is 1.92. The summed E-state index contributed by atoms with van der Waals surface area (Å²) in [6, 6.07) is -1.10. The quantitative estimate of drug-likeness (QED) is 0.535. The summed E-state index contributed by atoms with van der Waals surface area (Å²) in [5.41, 5.74) is 0. The fraction of sp³-hybridized carbons (Fsp3) is 0.857. The second-order valence-corrected chi connectivity index (χ2v) is 5.05. The van der Waals surface area contributed by atoms with Gasteiger partial charge < -0.3 is 15.7 Å². The third kappa shape index (κ3) is 9.33. The summed E-state index contributed by atoms with van der Waals surface area (Å²) in [4.78, 5) is 22.6. The summed E-state index contributed by atoms with van der Waals surface area (Å²) in [5.74, 6) is -0.979. The molecule has 0 aromatic rings. The average Bonchev–Trinajstić information content (AvgIpc) is 2.34. The largest absolute Gasteiger partial charge is 0.480 e. The van der Waals surface area contributed by atoms with Crippen molar-refractivity contribution in [2.45, 2.75) is 77.8 Å². The molecule has 3 N–H and O–H groups in total. The zero-order valence-corrected chi connectivity index (χ0v) is 12.4. The molecule has 5 nitrogen and oxygen atoms in total.